The third-order valence-corrected chi connectivity index (χ3v) is 2.38. The van der Waals surface area contributed by atoms with E-state index in [1.165, 1.54) is 0 Å². The van der Waals surface area contributed by atoms with E-state index in [1.807, 2.05) is 19.1 Å². The molecule has 0 saturated carbocycles. The van der Waals surface area contributed by atoms with Crippen LogP contribution in [0.3, 0.4) is 0 Å². The first-order valence-corrected chi connectivity index (χ1v) is 5.21. The van der Waals surface area contributed by atoms with Gasteiger partial charge in [-0.3, -0.25) is 4.79 Å². The molecule has 84 valence electrons. The van der Waals surface area contributed by atoms with E-state index in [9.17, 15) is 4.79 Å². The van der Waals surface area contributed by atoms with E-state index in [4.69, 9.17) is 4.52 Å². The number of hydrogen-bond acceptors (Lipinski definition) is 3. The summed E-state index contributed by atoms with van der Waals surface area (Å²) in [7, 11) is 0. The fraction of sp³-hybridized carbons (Fsp3) is 0.143. The summed E-state index contributed by atoms with van der Waals surface area (Å²) in [6, 6.07) is 7.19. The topological polar surface area (TPSA) is 43.1 Å². The molecule has 3 nitrogen and oxygen atoms in total. The fourth-order valence-corrected chi connectivity index (χ4v) is 1.35. The number of Topliss-reactive ketones (excluding diaryl/α,β-unsaturated/α-hetero) is 1. The quantitative estimate of drug-likeness (QED) is 0.553. The zero-order chi connectivity index (χ0) is 12.3. The third-order valence-electron chi connectivity index (χ3n) is 2.38. The molecular formula is C14H11NO2. The molecule has 0 saturated heterocycles. The first-order valence-electron chi connectivity index (χ1n) is 5.21. The maximum atomic E-state index is 11.1. The monoisotopic (exact) mass is 225 g/mol. The van der Waals surface area contributed by atoms with Crippen molar-refractivity contribution < 1.29 is 9.32 Å². The van der Waals surface area contributed by atoms with Crippen LogP contribution in [0.4, 0.5) is 0 Å². The van der Waals surface area contributed by atoms with Crippen LogP contribution in [0.25, 0.3) is 0 Å². The maximum absolute atomic E-state index is 11.1. The van der Waals surface area contributed by atoms with Gasteiger partial charge in [-0.1, -0.05) is 29.1 Å². The van der Waals surface area contributed by atoms with Gasteiger partial charge in [0.15, 0.2) is 5.78 Å². The Hall–Kier alpha value is -2.34. The van der Waals surface area contributed by atoms with Gasteiger partial charge < -0.3 is 4.52 Å². The van der Waals surface area contributed by atoms with Gasteiger partial charge in [0.2, 0.25) is 0 Å². The molecule has 1 aromatic heterocycles. The molecule has 0 N–H and O–H groups in total. The molecule has 0 aliphatic heterocycles. The highest BCUT2D eigenvalue weighted by atomic mass is 16.5. The lowest BCUT2D eigenvalue weighted by molar-refractivity contribution is 0.101. The number of aryl methyl sites for hydroxylation is 1. The van der Waals surface area contributed by atoms with Crippen LogP contribution in [0, 0.1) is 18.8 Å². The summed E-state index contributed by atoms with van der Waals surface area (Å²) in [5.74, 6) is 6.72. The molecule has 2 aromatic rings. The minimum Gasteiger partial charge on any atom is -0.360 e. The Kier molecular flexibility index (Phi) is 3.06. The van der Waals surface area contributed by atoms with Gasteiger partial charge in [0.05, 0.1) is 11.8 Å². The predicted molar refractivity (Wildman–Crippen MR) is 63.7 cm³/mol. The smallest absolute Gasteiger partial charge is 0.159 e. The molecule has 1 heterocycles. The molecule has 17 heavy (non-hydrogen) atoms. The molecule has 0 fully saturated rings. The van der Waals surface area contributed by atoms with Crippen LogP contribution in [-0.2, 0) is 0 Å². The van der Waals surface area contributed by atoms with Gasteiger partial charge in [0.25, 0.3) is 0 Å². The van der Waals surface area contributed by atoms with Gasteiger partial charge in [0, 0.05) is 11.1 Å². The molecule has 0 aliphatic rings. The number of carbonyl (C=O) groups excluding carboxylic acids is 1. The molecular weight excluding hydrogens is 214 g/mol. The lowest BCUT2D eigenvalue weighted by Gasteiger charge is -1.94. The summed E-state index contributed by atoms with van der Waals surface area (Å²) < 4.78 is 4.91. The van der Waals surface area contributed by atoms with E-state index < -0.39 is 0 Å². The summed E-state index contributed by atoms with van der Waals surface area (Å²) in [4.78, 5) is 11.1. The Labute approximate surface area is 99.4 Å². The van der Waals surface area contributed by atoms with Crippen molar-refractivity contribution in [2.45, 2.75) is 13.8 Å². The van der Waals surface area contributed by atoms with Crippen molar-refractivity contribution in [2.24, 2.45) is 0 Å². The first kappa shape index (κ1) is 11.2. The van der Waals surface area contributed by atoms with Crippen molar-refractivity contribution in [1.82, 2.24) is 5.16 Å². The van der Waals surface area contributed by atoms with Gasteiger partial charge >= 0.3 is 0 Å². The average Bonchev–Trinajstić information content (AvgIpc) is 2.73. The molecule has 0 bridgehead atoms. The van der Waals surface area contributed by atoms with Crippen molar-refractivity contribution in [3.8, 4) is 11.8 Å². The van der Waals surface area contributed by atoms with E-state index in [0.717, 1.165) is 11.1 Å². The molecule has 0 radical (unpaired) electrons. The normalized spacial score (nSPS) is 9.53. The summed E-state index contributed by atoms with van der Waals surface area (Å²) in [6.45, 7) is 3.36. The molecule has 3 heteroatoms. The summed E-state index contributed by atoms with van der Waals surface area (Å²) >= 11 is 0. The Morgan fingerprint density at radius 1 is 1.24 bits per heavy atom. The van der Waals surface area contributed by atoms with Gasteiger partial charge in [-0.25, -0.2) is 0 Å². The highest BCUT2D eigenvalue weighted by Gasteiger charge is 1.99. The van der Waals surface area contributed by atoms with E-state index in [-0.39, 0.29) is 5.78 Å². The van der Waals surface area contributed by atoms with Gasteiger partial charge in [-0.05, 0) is 26.0 Å². The lowest BCUT2D eigenvalue weighted by atomic mass is 10.1. The van der Waals surface area contributed by atoms with E-state index in [2.05, 4.69) is 17.0 Å². The second-order valence-electron chi connectivity index (χ2n) is 3.68. The van der Waals surface area contributed by atoms with Crippen LogP contribution in [0.1, 0.15) is 34.2 Å². The Balaban J connectivity index is 2.23. The SMILES string of the molecule is CC(=O)c1ccc(C#Cc2cnoc2C)cc1. The number of ketones is 1. The zero-order valence-corrected chi connectivity index (χ0v) is 9.65. The second-order valence-corrected chi connectivity index (χ2v) is 3.68. The Bertz CT molecular complexity index is 597. The minimum atomic E-state index is 0.0550. The maximum Gasteiger partial charge on any atom is 0.159 e. The van der Waals surface area contributed by atoms with Crippen LogP contribution < -0.4 is 0 Å². The number of aromatic nitrogens is 1. The van der Waals surface area contributed by atoms with Crippen molar-refractivity contribution >= 4 is 5.78 Å². The number of hydrogen-bond donors (Lipinski definition) is 0. The lowest BCUT2D eigenvalue weighted by Crippen LogP contribution is -1.90. The summed E-state index contributed by atoms with van der Waals surface area (Å²) in [5, 5.41) is 3.65. The van der Waals surface area contributed by atoms with Crippen molar-refractivity contribution in [3.63, 3.8) is 0 Å². The Morgan fingerprint density at radius 2 is 1.94 bits per heavy atom. The molecule has 0 unspecified atom stereocenters. The molecule has 0 aliphatic carbocycles. The van der Waals surface area contributed by atoms with E-state index in [0.29, 0.717) is 11.3 Å². The molecule has 0 atom stereocenters. The highest BCUT2D eigenvalue weighted by Crippen LogP contribution is 2.06. The second kappa shape index (κ2) is 4.67. The number of nitrogens with zero attached hydrogens (tertiary/aromatic N) is 1. The summed E-state index contributed by atoms with van der Waals surface area (Å²) in [6.07, 6.45) is 1.59. The zero-order valence-electron chi connectivity index (χ0n) is 9.65. The van der Waals surface area contributed by atoms with E-state index >= 15 is 0 Å². The highest BCUT2D eigenvalue weighted by molar-refractivity contribution is 5.94. The Morgan fingerprint density at radius 3 is 2.47 bits per heavy atom. The van der Waals surface area contributed by atoms with Crippen molar-refractivity contribution in [1.29, 1.82) is 0 Å². The average molecular weight is 225 g/mol. The first-order chi connectivity index (χ1) is 8.16. The predicted octanol–water partition coefficient (Wildman–Crippen LogP) is 2.59. The van der Waals surface area contributed by atoms with Gasteiger partial charge in [-0.2, -0.15) is 0 Å². The van der Waals surface area contributed by atoms with Crippen LogP contribution in [0.5, 0.6) is 0 Å². The third kappa shape index (κ3) is 2.61. The number of benzene rings is 1. The molecule has 1 aromatic carbocycles. The molecule has 0 spiro atoms. The van der Waals surface area contributed by atoms with Crippen LogP contribution in [0.2, 0.25) is 0 Å². The number of rotatable bonds is 1. The molecule has 2 rings (SSSR count). The largest absolute Gasteiger partial charge is 0.360 e. The van der Waals surface area contributed by atoms with Crippen LogP contribution >= 0.6 is 0 Å². The van der Waals surface area contributed by atoms with E-state index in [1.54, 1.807) is 25.3 Å². The van der Waals surface area contributed by atoms with Crippen LogP contribution in [-0.4, -0.2) is 10.9 Å². The summed E-state index contributed by atoms with van der Waals surface area (Å²) in [5.41, 5.74) is 2.33. The minimum absolute atomic E-state index is 0.0550. The number of carbonyl (C=O) groups is 1. The molecule has 0 amide bonds. The van der Waals surface area contributed by atoms with Crippen LogP contribution in [0.15, 0.2) is 35.0 Å². The van der Waals surface area contributed by atoms with Gasteiger partial charge in [0.1, 0.15) is 5.76 Å². The standard InChI is InChI=1S/C14H11NO2/c1-10(16)13-6-3-12(4-7-13)5-8-14-9-15-17-11(14)2/h3-4,6-7,9H,1-2H3. The van der Waals surface area contributed by atoms with Crippen molar-refractivity contribution in [2.75, 3.05) is 0 Å². The van der Waals surface area contributed by atoms with Gasteiger partial charge in [-0.15, -0.1) is 0 Å². The fourth-order valence-electron chi connectivity index (χ4n) is 1.35. The van der Waals surface area contributed by atoms with Crippen molar-refractivity contribution in [3.05, 3.63) is 52.9 Å².